The van der Waals surface area contributed by atoms with Crippen molar-refractivity contribution in [3.05, 3.63) is 69.3 Å². The molecule has 0 heterocycles. The van der Waals surface area contributed by atoms with Crippen LogP contribution >= 0.6 is 22.6 Å². The van der Waals surface area contributed by atoms with Crippen LogP contribution in [0.3, 0.4) is 0 Å². The number of hydrogen-bond donors (Lipinski definition) is 4. The Morgan fingerprint density at radius 3 is 2.28 bits per heavy atom. The Bertz CT molecular complexity index is 845. The van der Waals surface area contributed by atoms with E-state index in [9.17, 15) is 14.4 Å². The third-order valence-electron chi connectivity index (χ3n) is 4.28. The fourth-order valence-electron chi connectivity index (χ4n) is 2.67. The van der Waals surface area contributed by atoms with Gasteiger partial charge in [-0.15, -0.1) is 0 Å². The van der Waals surface area contributed by atoms with E-state index in [-0.39, 0.29) is 12.5 Å². The molecule has 7 nitrogen and oxygen atoms in total. The van der Waals surface area contributed by atoms with E-state index < -0.39 is 23.9 Å². The van der Waals surface area contributed by atoms with Crippen LogP contribution < -0.4 is 21.7 Å². The molecule has 0 aliphatic carbocycles. The van der Waals surface area contributed by atoms with Crippen LogP contribution in [0.5, 0.6) is 0 Å². The quantitative estimate of drug-likeness (QED) is 0.380. The molecule has 0 spiro atoms. The number of halogens is 1. The highest BCUT2D eigenvalue weighted by Gasteiger charge is 2.24. The second-order valence-corrected chi connectivity index (χ2v) is 7.72. The van der Waals surface area contributed by atoms with E-state index in [1.807, 2.05) is 54.6 Å². The molecule has 29 heavy (non-hydrogen) atoms. The minimum atomic E-state index is -0.799. The van der Waals surface area contributed by atoms with E-state index in [1.54, 1.807) is 6.92 Å². The molecule has 0 saturated heterocycles. The van der Waals surface area contributed by atoms with Gasteiger partial charge in [0.05, 0.1) is 6.54 Å². The summed E-state index contributed by atoms with van der Waals surface area (Å²) in [5, 5.41) is 8.12. The average Bonchev–Trinajstić information content (AvgIpc) is 2.73. The minimum Gasteiger partial charge on any atom is -0.350 e. The van der Waals surface area contributed by atoms with Crippen LogP contribution in [0.1, 0.15) is 18.1 Å². The van der Waals surface area contributed by atoms with Crippen molar-refractivity contribution < 1.29 is 14.4 Å². The van der Waals surface area contributed by atoms with Crippen LogP contribution in [0.25, 0.3) is 0 Å². The summed E-state index contributed by atoms with van der Waals surface area (Å²) in [4.78, 5) is 36.7. The lowest BCUT2D eigenvalue weighted by Gasteiger charge is -2.21. The number of nitrogens with two attached hydrogens (primary N) is 1. The van der Waals surface area contributed by atoms with Crippen LogP contribution in [0.2, 0.25) is 0 Å². The first kappa shape index (κ1) is 22.8. The van der Waals surface area contributed by atoms with Crippen molar-refractivity contribution >= 4 is 40.3 Å². The number of benzene rings is 2. The van der Waals surface area contributed by atoms with E-state index in [4.69, 9.17) is 5.73 Å². The van der Waals surface area contributed by atoms with Gasteiger partial charge in [0.15, 0.2) is 0 Å². The molecule has 0 aliphatic rings. The average molecular weight is 508 g/mol. The Balaban J connectivity index is 2.07. The molecule has 0 saturated carbocycles. The molecule has 0 unspecified atom stereocenters. The second-order valence-electron chi connectivity index (χ2n) is 6.55. The van der Waals surface area contributed by atoms with Gasteiger partial charge in [-0.05, 0) is 46.7 Å². The molecule has 2 aromatic carbocycles. The molecule has 3 amide bonds. The number of carbonyl (C=O) groups excluding carboxylic acids is 3. The van der Waals surface area contributed by atoms with Crippen LogP contribution in [-0.2, 0) is 27.3 Å². The smallest absolute Gasteiger partial charge is 0.243 e. The maximum atomic E-state index is 12.8. The summed E-state index contributed by atoms with van der Waals surface area (Å²) in [6.07, 6.45) is 0.335. The molecule has 0 fully saturated rings. The Labute approximate surface area is 184 Å². The van der Waals surface area contributed by atoms with Crippen molar-refractivity contribution in [1.29, 1.82) is 0 Å². The van der Waals surface area contributed by atoms with E-state index in [0.29, 0.717) is 13.0 Å². The molecule has 2 atom stereocenters. The number of rotatable bonds is 9. The maximum absolute atomic E-state index is 12.8. The molecule has 0 aromatic heterocycles. The summed E-state index contributed by atoms with van der Waals surface area (Å²) >= 11 is 2.21. The summed E-state index contributed by atoms with van der Waals surface area (Å²) in [6.45, 7) is 1.70. The van der Waals surface area contributed by atoms with Crippen molar-refractivity contribution in [3.8, 4) is 0 Å². The Morgan fingerprint density at radius 1 is 0.966 bits per heavy atom. The van der Waals surface area contributed by atoms with Crippen LogP contribution in [-0.4, -0.2) is 36.3 Å². The lowest BCUT2D eigenvalue weighted by atomic mass is 10.0. The standard InChI is InChI=1S/C21H25IN4O3/c1-14(25-19(27)12-23)20(28)26-18(11-15-7-3-2-4-8-15)21(29)24-13-16-9-5-6-10-17(16)22/h2-10,14,18H,11-13,23H2,1H3,(H,24,29)(H,25,27)(H,26,28)/t14-,18+/m0/s1. The van der Waals surface area contributed by atoms with Gasteiger partial charge in [-0.3, -0.25) is 14.4 Å². The van der Waals surface area contributed by atoms with Gasteiger partial charge in [0.25, 0.3) is 0 Å². The molecule has 0 bridgehead atoms. The number of carbonyl (C=O) groups is 3. The highest BCUT2D eigenvalue weighted by molar-refractivity contribution is 14.1. The van der Waals surface area contributed by atoms with Crippen molar-refractivity contribution in [2.75, 3.05) is 6.54 Å². The van der Waals surface area contributed by atoms with E-state index in [2.05, 4.69) is 38.5 Å². The third-order valence-corrected chi connectivity index (χ3v) is 5.34. The van der Waals surface area contributed by atoms with Gasteiger partial charge in [0.1, 0.15) is 12.1 Å². The number of nitrogens with one attached hydrogen (secondary N) is 3. The monoisotopic (exact) mass is 508 g/mol. The molecule has 154 valence electrons. The van der Waals surface area contributed by atoms with E-state index in [0.717, 1.165) is 14.7 Å². The Hall–Kier alpha value is -2.46. The molecular weight excluding hydrogens is 483 g/mol. The highest BCUT2D eigenvalue weighted by Crippen LogP contribution is 2.11. The summed E-state index contributed by atoms with van der Waals surface area (Å²) in [7, 11) is 0. The topological polar surface area (TPSA) is 113 Å². The van der Waals surface area contributed by atoms with Gasteiger partial charge >= 0.3 is 0 Å². The number of hydrogen-bond acceptors (Lipinski definition) is 4. The van der Waals surface area contributed by atoms with Gasteiger partial charge in [-0.2, -0.15) is 0 Å². The predicted octanol–water partition coefficient (Wildman–Crippen LogP) is 1.10. The first-order valence-electron chi connectivity index (χ1n) is 9.25. The molecule has 8 heteroatoms. The predicted molar refractivity (Wildman–Crippen MR) is 120 cm³/mol. The first-order chi connectivity index (χ1) is 13.9. The first-order valence-corrected chi connectivity index (χ1v) is 10.3. The van der Waals surface area contributed by atoms with Crippen molar-refractivity contribution in [1.82, 2.24) is 16.0 Å². The lowest BCUT2D eigenvalue weighted by molar-refractivity contribution is -0.131. The Kier molecular flexibility index (Phi) is 9.07. The highest BCUT2D eigenvalue weighted by atomic mass is 127. The summed E-state index contributed by atoms with van der Waals surface area (Å²) in [5.74, 6) is -1.17. The molecular formula is C21H25IN4O3. The molecule has 2 aromatic rings. The van der Waals surface area contributed by atoms with Gasteiger partial charge < -0.3 is 21.7 Å². The van der Waals surface area contributed by atoms with Crippen molar-refractivity contribution in [2.45, 2.75) is 32.0 Å². The minimum absolute atomic E-state index is 0.207. The SMILES string of the molecule is C[C@H](NC(=O)CN)C(=O)N[C@H](Cc1ccccc1)C(=O)NCc1ccccc1I. The van der Waals surface area contributed by atoms with E-state index in [1.165, 1.54) is 0 Å². The lowest BCUT2D eigenvalue weighted by Crippen LogP contribution is -2.54. The summed E-state index contributed by atoms with van der Waals surface area (Å²) < 4.78 is 1.05. The maximum Gasteiger partial charge on any atom is 0.243 e. The molecule has 0 aliphatic heterocycles. The second kappa shape index (κ2) is 11.5. The summed E-state index contributed by atoms with van der Waals surface area (Å²) in [5.41, 5.74) is 7.18. The third kappa shape index (κ3) is 7.47. The van der Waals surface area contributed by atoms with Gasteiger partial charge in [0, 0.05) is 16.5 Å². The fraction of sp³-hybridized carbons (Fsp3) is 0.286. The number of amides is 3. The summed E-state index contributed by atoms with van der Waals surface area (Å²) in [6, 6.07) is 15.6. The van der Waals surface area contributed by atoms with Crippen molar-refractivity contribution in [3.63, 3.8) is 0 Å². The molecule has 5 N–H and O–H groups in total. The van der Waals surface area contributed by atoms with Crippen molar-refractivity contribution in [2.24, 2.45) is 5.73 Å². The van der Waals surface area contributed by atoms with Gasteiger partial charge in [-0.1, -0.05) is 48.5 Å². The largest absolute Gasteiger partial charge is 0.350 e. The van der Waals surface area contributed by atoms with Crippen LogP contribution in [0.15, 0.2) is 54.6 Å². The molecule has 2 rings (SSSR count). The van der Waals surface area contributed by atoms with Crippen LogP contribution in [0, 0.1) is 3.57 Å². The Morgan fingerprint density at radius 2 is 1.62 bits per heavy atom. The van der Waals surface area contributed by atoms with Gasteiger partial charge in [0.2, 0.25) is 17.7 Å². The van der Waals surface area contributed by atoms with Crippen LogP contribution in [0.4, 0.5) is 0 Å². The van der Waals surface area contributed by atoms with Gasteiger partial charge in [-0.25, -0.2) is 0 Å². The zero-order chi connectivity index (χ0) is 21.2. The fourth-order valence-corrected chi connectivity index (χ4v) is 3.25. The zero-order valence-electron chi connectivity index (χ0n) is 16.2. The zero-order valence-corrected chi connectivity index (χ0v) is 18.3. The molecule has 0 radical (unpaired) electrons. The normalized spacial score (nSPS) is 12.5. The van der Waals surface area contributed by atoms with E-state index >= 15 is 0 Å².